The molecule has 0 aliphatic heterocycles. The fourth-order valence-electron chi connectivity index (χ4n) is 1.15. The predicted octanol–water partition coefficient (Wildman–Crippen LogP) is 2.84. The minimum absolute atomic E-state index is 0.138. The quantitative estimate of drug-likeness (QED) is 0.413. The van der Waals surface area contributed by atoms with Crippen molar-refractivity contribution in [3.63, 3.8) is 0 Å². The van der Waals surface area contributed by atoms with Crippen molar-refractivity contribution >= 4 is 13.6 Å². The van der Waals surface area contributed by atoms with E-state index in [1.54, 1.807) is 32.9 Å². The highest BCUT2D eigenvalue weighted by Gasteiger charge is 2.20. The van der Waals surface area contributed by atoms with Gasteiger partial charge in [0.1, 0.15) is 0 Å². The smallest absolute Gasteiger partial charge is 0.334 e. The van der Waals surface area contributed by atoms with Gasteiger partial charge in [0, 0.05) is 6.08 Å². The lowest BCUT2D eigenvalue weighted by atomic mass is 10.2. The van der Waals surface area contributed by atoms with Crippen molar-refractivity contribution in [1.82, 2.24) is 0 Å². The van der Waals surface area contributed by atoms with Crippen LogP contribution < -0.4 is 0 Å². The molecule has 0 saturated carbocycles. The van der Waals surface area contributed by atoms with Crippen LogP contribution >= 0.6 is 7.60 Å². The molecule has 0 fully saturated rings. The van der Waals surface area contributed by atoms with Gasteiger partial charge in [0.05, 0.1) is 19.4 Å². The third-order valence-electron chi connectivity index (χ3n) is 1.71. The zero-order valence-electron chi connectivity index (χ0n) is 10.4. The van der Waals surface area contributed by atoms with Crippen LogP contribution in [0.3, 0.4) is 0 Å². The highest BCUT2D eigenvalue weighted by Crippen LogP contribution is 2.47. The van der Waals surface area contributed by atoms with Gasteiger partial charge in [-0.15, -0.1) is 0 Å². The number of carbonyl (C=O) groups is 1. The van der Waals surface area contributed by atoms with Crippen LogP contribution in [0.4, 0.5) is 0 Å². The molecule has 0 radical (unpaired) electrons. The number of hydrogen-bond donors (Lipinski definition) is 1. The van der Waals surface area contributed by atoms with E-state index in [1.165, 1.54) is 0 Å². The summed E-state index contributed by atoms with van der Waals surface area (Å²) in [6.45, 7) is 5.76. The van der Waals surface area contributed by atoms with Crippen LogP contribution in [0.5, 0.6) is 0 Å². The fraction of sp³-hybridized carbons (Fsp3) is 0.545. The molecule has 1 N–H and O–H groups in total. The van der Waals surface area contributed by atoms with Crippen LogP contribution in [0.25, 0.3) is 0 Å². The Morgan fingerprint density at radius 1 is 1.29 bits per heavy atom. The third-order valence-corrected chi connectivity index (χ3v) is 3.67. The number of carboxylic acids is 1. The second-order valence-electron chi connectivity index (χ2n) is 3.26. The van der Waals surface area contributed by atoms with Gasteiger partial charge in [-0.2, -0.15) is 0 Å². The van der Waals surface area contributed by atoms with Crippen molar-refractivity contribution in [1.29, 1.82) is 0 Å². The van der Waals surface area contributed by atoms with Gasteiger partial charge in [-0.1, -0.05) is 12.2 Å². The Morgan fingerprint density at radius 2 is 1.82 bits per heavy atom. The minimum atomic E-state index is -3.07. The van der Waals surface area contributed by atoms with Gasteiger partial charge in [-0.3, -0.25) is 4.57 Å². The molecule has 0 amide bonds. The van der Waals surface area contributed by atoms with Crippen molar-refractivity contribution in [3.8, 4) is 0 Å². The summed E-state index contributed by atoms with van der Waals surface area (Å²) >= 11 is 0. The second-order valence-corrected chi connectivity index (χ2v) is 5.36. The SMILES string of the molecule is CCOP(=O)(C/C=C/C(C)=C/C(=O)O)OCC. The molecule has 0 atom stereocenters. The van der Waals surface area contributed by atoms with Crippen LogP contribution in [-0.4, -0.2) is 30.5 Å². The number of rotatable bonds is 8. The second kappa shape index (κ2) is 8.23. The molecule has 0 unspecified atom stereocenters. The lowest BCUT2D eigenvalue weighted by Gasteiger charge is -2.14. The van der Waals surface area contributed by atoms with Crippen molar-refractivity contribution in [2.24, 2.45) is 0 Å². The van der Waals surface area contributed by atoms with Crippen molar-refractivity contribution in [3.05, 3.63) is 23.8 Å². The summed E-state index contributed by atoms with van der Waals surface area (Å²) in [7, 11) is -3.07. The zero-order valence-corrected chi connectivity index (χ0v) is 11.3. The summed E-state index contributed by atoms with van der Waals surface area (Å²) in [4.78, 5) is 10.4. The highest BCUT2D eigenvalue weighted by molar-refractivity contribution is 7.54. The summed E-state index contributed by atoms with van der Waals surface area (Å²) in [5, 5.41) is 8.50. The van der Waals surface area contributed by atoms with E-state index in [-0.39, 0.29) is 6.16 Å². The van der Waals surface area contributed by atoms with Crippen LogP contribution in [0, 0.1) is 0 Å². The van der Waals surface area contributed by atoms with Crippen LogP contribution in [-0.2, 0) is 18.4 Å². The fourth-order valence-corrected chi connectivity index (χ4v) is 2.58. The largest absolute Gasteiger partial charge is 0.478 e. The van der Waals surface area contributed by atoms with Gasteiger partial charge in [0.15, 0.2) is 0 Å². The molecule has 0 rings (SSSR count). The Bertz CT molecular complexity index is 336. The summed E-state index contributed by atoms with van der Waals surface area (Å²) in [5.41, 5.74) is 0.567. The molecular formula is C11H19O5P. The summed E-state index contributed by atoms with van der Waals surface area (Å²) in [6.07, 6.45) is 4.39. The highest BCUT2D eigenvalue weighted by atomic mass is 31.2. The normalized spacial score (nSPS) is 13.2. The maximum Gasteiger partial charge on any atom is 0.334 e. The maximum absolute atomic E-state index is 12.0. The van der Waals surface area contributed by atoms with Crippen LogP contribution in [0.15, 0.2) is 23.8 Å². The Balaban J connectivity index is 4.45. The van der Waals surface area contributed by atoms with E-state index in [9.17, 15) is 9.36 Å². The molecular weight excluding hydrogens is 243 g/mol. The Morgan fingerprint density at radius 3 is 2.24 bits per heavy atom. The molecule has 6 heteroatoms. The first-order valence-electron chi connectivity index (χ1n) is 5.39. The standard InChI is InChI=1S/C11H19O5P/c1-4-15-17(14,16-5-2)8-6-7-10(3)9-11(12)13/h6-7,9H,4-5,8H2,1-3H3,(H,12,13)/b7-6+,10-9+. The van der Waals surface area contributed by atoms with E-state index < -0.39 is 13.6 Å². The first-order valence-corrected chi connectivity index (χ1v) is 7.12. The molecule has 5 nitrogen and oxygen atoms in total. The maximum atomic E-state index is 12.0. The van der Waals surface area contributed by atoms with Crippen LogP contribution in [0.2, 0.25) is 0 Å². The van der Waals surface area contributed by atoms with Gasteiger partial charge >= 0.3 is 13.6 Å². The Labute approximate surface area is 102 Å². The number of hydrogen-bond acceptors (Lipinski definition) is 4. The third kappa shape index (κ3) is 7.91. The molecule has 0 aromatic heterocycles. The van der Waals surface area contributed by atoms with Crippen molar-refractivity contribution < 1.29 is 23.5 Å². The van der Waals surface area contributed by atoms with E-state index in [0.29, 0.717) is 18.8 Å². The predicted molar refractivity (Wildman–Crippen MR) is 66.3 cm³/mol. The molecule has 0 heterocycles. The van der Waals surface area contributed by atoms with Gasteiger partial charge in [0.25, 0.3) is 0 Å². The van der Waals surface area contributed by atoms with E-state index in [4.69, 9.17) is 14.2 Å². The van der Waals surface area contributed by atoms with Crippen molar-refractivity contribution in [2.45, 2.75) is 20.8 Å². The first kappa shape index (κ1) is 16.1. The zero-order chi connectivity index (χ0) is 13.3. The van der Waals surface area contributed by atoms with Gasteiger partial charge in [-0.25, -0.2) is 4.79 Å². The number of carboxylic acid groups (broad SMARTS) is 1. The molecule has 17 heavy (non-hydrogen) atoms. The Kier molecular flexibility index (Phi) is 7.79. The average molecular weight is 262 g/mol. The molecule has 0 aliphatic carbocycles. The summed E-state index contributed by atoms with van der Waals surface area (Å²) in [6, 6.07) is 0. The minimum Gasteiger partial charge on any atom is -0.478 e. The number of aliphatic carboxylic acids is 1. The average Bonchev–Trinajstić information content (AvgIpc) is 2.16. The molecule has 0 saturated heterocycles. The summed E-state index contributed by atoms with van der Waals surface area (Å²) in [5.74, 6) is -1.01. The Hall–Kier alpha value is -0.900. The summed E-state index contributed by atoms with van der Waals surface area (Å²) < 4.78 is 22.1. The molecule has 98 valence electrons. The monoisotopic (exact) mass is 262 g/mol. The number of allylic oxidation sites excluding steroid dienone is 3. The lowest BCUT2D eigenvalue weighted by Crippen LogP contribution is -1.98. The molecule has 0 aromatic rings. The van der Waals surface area contributed by atoms with Crippen LogP contribution in [0.1, 0.15) is 20.8 Å². The van der Waals surface area contributed by atoms with Gasteiger partial charge in [0.2, 0.25) is 0 Å². The first-order chi connectivity index (χ1) is 7.93. The van der Waals surface area contributed by atoms with E-state index in [0.717, 1.165) is 6.08 Å². The molecule has 0 bridgehead atoms. The van der Waals surface area contributed by atoms with Gasteiger partial charge in [-0.05, 0) is 26.3 Å². The van der Waals surface area contributed by atoms with E-state index >= 15 is 0 Å². The lowest BCUT2D eigenvalue weighted by molar-refractivity contribution is -0.131. The van der Waals surface area contributed by atoms with Crippen molar-refractivity contribution in [2.75, 3.05) is 19.4 Å². The molecule has 0 aliphatic rings. The molecule has 0 spiro atoms. The molecule has 0 aromatic carbocycles. The van der Waals surface area contributed by atoms with E-state index in [2.05, 4.69) is 0 Å². The van der Waals surface area contributed by atoms with E-state index in [1.807, 2.05) is 0 Å². The van der Waals surface area contributed by atoms with Gasteiger partial charge < -0.3 is 14.2 Å². The topological polar surface area (TPSA) is 72.8 Å².